The molecule has 1 unspecified atom stereocenters. The molecule has 2 rings (SSSR count). The van der Waals surface area contributed by atoms with Crippen molar-refractivity contribution >= 4 is 0 Å². The van der Waals surface area contributed by atoms with Gasteiger partial charge in [-0.3, -0.25) is 4.90 Å². The van der Waals surface area contributed by atoms with Gasteiger partial charge in [0.1, 0.15) is 5.82 Å². The fraction of sp³-hybridized carbons (Fsp3) is 0.538. The SMILES string of the molecule is CN(C1CC1)C(CN)c1cc(F)cc(C(F)(F)F)c1. The number of nitrogens with two attached hydrogens (primary N) is 1. The topological polar surface area (TPSA) is 29.3 Å². The number of hydrogen-bond donors (Lipinski definition) is 1. The van der Waals surface area contributed by atoms with Gasteiger partial charge in [-0.1, -0.05) is 0 Å². The molecular formula is C13H16F4N2. The van der Waals surface area contributed by atoms with Gasteiger partial charge in [0.05, 0.1) is 5.56 Å². The molecule has 19 heavy (non-hydrogen) atoms. The van der Waals surface area contributed by atoms with E-state index in [4.69, 9.17) is 5.73 Å². The van der Waals surface area contributed by atoms with Crippen LogP contribution in [0.5, 0.6) is 0 Å². The lowest BCUT2D eigenvalue weighted by Crippen LogP contribution is -2.32. The van der Waals surface area contributed by atoms with Crippen molar-refractivity contribution in [2.24, 2.45) is 5.73 Å². The monoisotopic (exact) mass is 276 g/mol. The van der Waals surface area contributed by atoms with E-state index in [0.29, 0.717) is 12.1 Å². The average Bonchev–Trinajstić information content (AvgIpc) is 3.11. The fourth-order valence-corrected chi connectivity index (χ4v) is 2.24. The van der Waals surface area contributed by atoms with E-state index in [9.17, 15) is 17.6 Å². The van der Waals surface area contributed by atoms with E-state index in [-0.39, 0.29) is 18.2 Å². The molecule has 106 valence electrons. The van der Waals surface area contributed by atoms with Crippen LogP contribution >= 0.6 is 0 Å². The van der Waals surface area contributed by atoms with Crippen LogP contribution in [-0.4, -0.2) is 24.5 Å². The molecule has 0 aliphatic heterocycles. The van der Waals surface area contributed by atoms with Crippen LogP contribution in [-0.2, 0) is 6.18 Å². The highest BCUT2D eigenvalue weighted by Gasteiger charge is 2.34. The number of alkyl halides is 3. The predicted molar refractivity (Wildman–Crippen MR) is 64.0 cm³/mol. The van der Waals surface area contributed by atoms with Crippen LogP contribution in [0, 0.1) is 5.82 Å². The van der Waals surface area contributed by atoms with Gasteiger partial charge in [-0.2, -0.15) is 13.2 Å². The smallest absolute Gasteiger partial charge is 0.329 e. The highest BCUT2D eigenvalue weighted by Crippen LogP contribution is 2.35. The molecule has 2 nitrogen and oxygen atoms in total. The summed E-state index contributed by atoms with van der Waals surface area (Å²) in [7, 11) is 1.81. The molecule has 1 atom stereocenters. The van der Waals surface area contributed by atoms with Crippen molar-refractivity contribution < 1.29 is 17.6 Å². The molecule has 0 heterocycles. The molecule has 0 saturated heterocycles. The van der Waals surface area contributed by atoms with E-state index in [1.165, 1.54) is 0 Å². The van der Waals surface area contributed by atoms with Gasteiger partial charge in [-0.15, -0.1) is 0 Å². The van der Waals surface area contributed by atoms with Crippen LogP contribution in [0.15, 0.2) is 18.2 Å². The van der Waals surface area contributed by atoms with E-state index in [1.54, 1.807) is 0 Å². The van der Waals surface area contributed by atoms with Crippen molar-refractivity contribution in [3.05, 3.63) is 35.1 Å². The first kappa shape index (κ1) is 14.3. The van der Waals surface area contributed by atoms with Crippen LogP contribution in [0.2, 0.25) is 0 Å². The van der Waals surface area contributed by atoms with E-state index in [0.717, 1.165) is 25.0 Å². The fourth-order valence-electron chi connectivity index (χ4n) is 2.24. The highest BCUT2D eigenvalue weighted by atomic mass is 19.4. The minimum Gasteiger partial charge on any atom is -0.329 e. The van der Waals surface area contributed by atoms with Crippen molar-refractivity contribution in [3.8, 4) is 0 Å². The first-order chi connectivity index (χ1) is 8.82. The molecule has 2 N–H and O–H groups in total. The van der Waals surface area contributed by atoms with Gasteiger partial charge >= 0.3 is 6.18 Å². The van der Waals surface area contributed by atoms with Gasteiger partial charge < -0.3 is 5.73 Å². The molecular weight excluding hydrogens is 260 g/mol. The molecule has 1 fully saturated rings. The molecule has 1 saturated carbocycles. The van der Waals surface area contributed by atoms with E-state index in [1.807, 2.05) is 11.9 Å². The van der Waals surface area contributed by atoms with Gasteiger partial charge in [0.15, 0.2) is 0 Å². The lowest BCUT2D eigenvalue weighted by atomic mass is 10.0. The summed E-state index contributed by atoms with van der Waals surface area (Å²) in [4.78, 5) is 1.93. The molecule has 1 aromatic rings. The average molecular weight is 276 g/mol. The second-order valence-electron chi connectivity index (χ2n) is 4.92. The molecule has 0 spiro atoms. The molecule has 0 amide bonds. The lowest BCUT2D eigenvalue weighted by molar-refractivity contribution is -0.137. The molecule has 6 heteroatoms. The van der Waals surface area contributed by atoms with Crippen LogP contribution in [0.1, 0.15) is 30.0 Å². The number of likely N-dealkylation sites (N-methyl/N-ethyl adjacent to an activating group) is 1. The van der Waals surface area contributed by atoms with Crippen molar-refractivity contribution in [2.75, 3.05) is 13.6 Å². The number of halogens is 4. The van der Waals surface area contributed by atoms with Gasteiger partial charge in [-0.05, 0) is 43.7 Å². The van der Waals surface area contributed by atoms with Crippen molar-refractivity contribution in [2.45, 2.75) is 31.1 Å². The summed E-state index contributed by atoms with van der Waals surface area (Å²) >= 11 is 0. The Hall–Kier alpha value is -1.14. The summed E-state index contributed by atoms with van der Waals surface area (Å²) < 4.78 is 51.4. The summed E-state index contributed by atoms with van der Waals surface area (Å²) in [5, 5.41) is 0. The summed E-state index contributed by atoms with van der Waals surface area (Å²) in [6.45, 7) is 0.160. The molecule has 1 aliphatic rings. The van der Waals surface area contributed by atoms with Gasteiger partial charge in [0, 0.05) is 18.6 Å². The summed E-state index contributed by atoms with van der Waals surface area (Å²) in [6, 6.07) is 2.58. The second-order valence-corrected chi connectivity index (χ2v) is 4.92. The van der Waals surface area contributed by atoms with Crippen molar-refractivity contribution in [1.29, 1.82) is 0 Å². The van der Waals surface area contributed by atoms with Gasteiger partial charge in [0.2, 0.25) is 0 Å². The summed E-state index contributed by atoms with van der Waals surface area (Å²) in [5.41, 5.74) is 4.95. The lowest BCUT2D eigenvalue weighted by Gasteiger charge is -2.27. The minimum atomic E-state index is -4.55. The Kier molecular flexibility index (Phi) is 3.82. The zero-order valence-corrected chi connectivity index (χ0v) is 10.5. The van der Waals surface area contributed by atoms with Gasteiger partial charge in [-0.25, -0.2) is 4.39 Å². The Bertz CT molecular complexity index is 454. The van der Waals surface area contributed by atoms with E-state index < -0.39 is 17.6 Å². The Morgan fingerprint density at radius 2 is 1.95 bits per heavy atom. The molecule has 0 aromatic heterocycles. The van der Waals surface area contributed by atoms with E-state index >= 15 is 0 Å². The first-order valence-electron chi connectivity index (χ1n) is 6.12. The van der Waals surface area contributed by atoms with Crippen LogP contribution in [0.3, 0.4) is 0 Å². The van der Waals surface area contributed by atoms with E-state index in [2.05, 4.69) is 0 Å². The molecule has 0 radical (unpaired) electrons. The zero-order chi connectivity index (χ0) is 14.2. The van der Waals surface area contributed by atoms with Crippen LogP contribution in [0.25, 0.3) is 0 Å². The maximum atomic E-state index is 13.4. The number of rotatable bonds is 4. The minimum absolute atomic E-state index is 0.160. The Morgan fingerprint density at radius 3 is 2.42 bits per heavy atom. The standard InChI is InChI=1S/C13H16F4N2/c1-19(11-2-3-11)12(7-18)8-4-9(13(15,16)17)6-10(14)5-8/h4-6,11-12H,2-3,7,18H2,1H3. The maximum Gasteiger partial charge on any atom is 0.416 e. The largest absolute Gasteiger partial charge is 0.416 e. The second kappa shape index (κ2) is 5.09. The van der Waals surface area contributed by atoms with Crippen LogP contribution in [0.4, 0.5) is 17.6 Å². The predicted octanol–water partition coefficient (Wildman–Crippen LogP) is 2.94. The third-order valence-electron chi connectivity index (χ3n) is 3.47. The van der Waals surface area contributed by atoms with Crippen molar-refractivity contribution in [3.63, 3.8) is 0 Å². The number of nitrogens with zero attached hydrogens (tertiary/aromatic N) is 1. The zero-order valence-electron chi connectivity index (χ0n) is 10.5. The van der Waals surface area contributed by atoms with Crippen LogP contribution < -0.4 is 5.73 Å². The highest BCUT2D eigenvalue weighted by molar-refractivity contribution is 5.29. The molecule has 1 aromatic carbocycles. The third kappa shape index (κ3) is 3.25. The summed E-state index contributed by atoms with van der Waals surface area (Å²) in [5.74, 6) is -0.882. The normalized spacial score (nSPS) is 17.8. The Morgan fingerprint density at radius 1 is 1.32 bits per heavy atom. The quantitative estimate of drug-likeness (QED) is 0.857. The van der Waals surface area contributed by atoms with Gasteiger partial charge in [0.25, 0.3) is 0 Å². The third-order valence-corrected chi connectivity index (χ3v) is 3.47. The Balaban J connectivity index is 2.34. The Labute approximate surface area is 109 Å². The maximum absolute atomic E-state index is 13.4. The molecule has 0 bridgehead atoms. The number of hydrogen-bond acceptors (Lipinski definition) is 2. The molecule has 1 aliphatic carbocycles. The summed E-state index contributed by atoms with van der Waals surface area (Å²) in [6.07, 6.45) is -2.53. The first-order valence-corrected chi connectivity index (χ1v) is 6.12. The van der Waals surface area contributed by atoms with Crippen molar-refractivity contribution in [1.82, 2.24) is 4.90 Å². The number of benzene rings is 1.